The Morgan fingerprint density at radius 2 is 1.73 bits per heavy atom. The summed E-state index contributed by atoms with van der Waals surface area (Å²) in [5, 5.41) is 15.1. The van der Waals surface area contributed by atoms with Gasteiger partial charge in [-0.1, -0.05) is 30.3 Å². The number of carbonyl (C=O) groups excluding carboxylic acids is 1. The molecule has 0 radical (unpaired) electrons. The summed E-state index contributed by atoms with van der Waals surface area (Å²) >= 11 is 0. The minimum absolute atomic E-state index is 0.155. The molecular weight excluding hydrogens is 576 g/mol. The first-order valence-electron chi connectivity index (χ1n) is 15.0. The monoisotopic (exact) mass is 611 g/mol. The normalized spacial score (nSPS) is 13.1. The van der Waals surface area contributed by atoms with Gasteiger partial charge in [0.2, 0.25) is 0 Å². The third kappa shape index (κ3) is 5.92. The van der Waals surface area contributed by atoms with Crippen molar-refractivity contribution in [3.8, 4) is 39.4 Å². The molecule has 3 aromatic carbocycles. The van der Waals surface area contributed by atoms with Crippen molar-refractivity contribution in [1.82, 2.24) is 14.6 Å². The van der Waals surface area contributed by atoms with Crippen molar-refractivity contribution >= 4 is 11.6 Å². The highest BCUT2D eigenvalue weighted by Gasteiger charge is 2.28. The number of esters is 1. The Bertz CT molecular complexity index is 1960. The van der Waals surface area contributed by atoms with E-state index in [1.54, 1.807) is 24.4 Å². The van der Waals surface area contributed by atoms with Gasteiger partial charge in [0.1, 0.15) is 12.4 Å². The Balaban J connectivity index is 1.56. The fourth-order valence-electron chi connectivity index (χ4n) is 5.93. The van der Waals surface area contributed by atoms with Crippen LogP contribution in [0.25, 0.3) is 39.3 Å². The number of hydrogen-bond donors (Lipinski definition) is 1. The van der Waals surface area contributed by atoms with E-state index < -0.39 is 17.4 Å². The van der Waals surface area contributed by atoms with E-state index in [4.69, 9.17) is 19.6 Å². The quantitative estimate of drug-likeness (QED) is 0.197. The van der Waals surface area contributed by atoms with Crippen LogP contribution in [0.2, 0.25) is 0 Å². The summed E-state index contributed by atoms with van der Waals surface area (Å²) in [7, 11) is 0. The lowest BCUT2D eigenvalue weighted by atomic mass is 9.91. The van der Waals surface area contributed by atoms with Gasteiger partial charge >= 0.3 is 5.97 Å². The molecule has 1 aliphatic heterocycles. The maximum atomic E-state index is 15.6. The summed E-state index contributed by atoms with van der Waals surface area (Å²) in [5.41, 5.74) is 7.08. The number of aliphatic hydroxyl groups is 1. The summed E-state index contributed by atoms with van der Waals surface area (Å²) in [6, 6.07) is 15.5. The first kappa shape index (κ1) is 30.4. The summed E-state index contributed by atoms with van der Waals surface area (Å²) in [5.74, 6) is -1.08. The van der Waals surface area contributed by atoms with E-state index in [1.807, 2.05) is 51.1 Å². The maximum absolute atomic E-state index is 15.6. The van der Waals surface area contributed by atoms with E-state index in [2.05, 4.69) is 0 Å². The van der Waals surface area contributed by atoms with Crippen LogP contribution >= 0.6 is 0 Å². The Morgan fingerprint density at radius 1 is 1.02 bits per heavy atom. The van der Waals surface area contributed by atoms with Crippen molar-refractivity contribution in [1.29, 1.82) is 0 Å². The Morgan fingerprint density at radius 3 is 2.47 bits per heavy atom. The number of fused-ring (bicyclic) bond motifs is 2. The Hall–Kier alpha value is -4.63. The number of aromatic nitrogens is 3. The summed E-state index contributed by atoms with van der Waals surface area (Å²) in [4.78, 5) is 18.0. The Kier molecular flexibility index (Phi) is 7.91. The van der Waals surface area contributed by atoms with Gasteiger partial charge in [-0.05, 0) is 88.4 Å². The zero-order valence-corrected chi connectivity index (χ0v) is 26.0. The second-order valence-corrected chi connectivity index (χ2v) is 12.3. The zero-order valence-electron chi connectivity index (χ0n) is 26.0. The molecule has 0 amide bonds. The standard InChI is InChI=1S/C36H35F2N3O4/c1-20-27-13-8-14-44-34(27)30(38)17-28(20)33-29(18-31(42)45-19-36(4,5)43)22(3)39-35-21(2)32(40-41(33)35)25-11-6-9-23(15-25)24-10-7-12-26(37)16-24/h6-7,9-12,15-17,43H,8,13-14,18-19H2,1-5H3. The van der Waals surface area contributed by atoms with Crippen LogP contribution in [-0.4, -0.2) is 44.5 Å². The predicted molar refractivity (Wildman–Crippen MR) is 168 cm³/mol. The molecule has 45 heavy (non-hydrogen) atoms. The molecule has 232 valence electrons. The van der Waals surface area contributed by atoms with Gasteiger partial charge in [0, 0.05) is 33.5 Å². The summed E-state index contributed by atoms with van der Waals surface area (Å²) < 4.78 is 42.4. The first-order valence-corrected chi connectivity index (χ1v) is 15.0. The second kappa shape index (κ2) is 11.7. The van der Waals surface area contributed by atoms with Gasteiger partial charge < -0.3 is 14.6 Å². The van der Waals surface area contributed by atoms with E-state index in [0.29, 0.717) is 46.9 Å². The van der Waals surface area contributed by atoms with Gasteiger partial charge in [0.05, 0.1) is 30.0 Å². The number of rotatable bonds is 7. The number of ether oxygens (including phenoxy) is 2. The van der Waals surface area contributed by atoms with Gasteiger partial charge in [-0.25, -0.2) is 18.3 Å². The van der Waals surface area contributed by atoms with Crippen molar-refractivity contribution in [2.45, 2.75) is 59.5 Å². The highest BCUT2D eigenvalue weighted by Crippen LogP contribution is 2.40. The number of halogens is 2. The van der Waals surface area contributed by atoms with E-state index in [9.17, 15) is 14.3 Å². The molecule has 0 unspecified atom stereocenters. The van der Waals surface area contributed by atoms with Gasteiger partial charge in [-0.2, -0.15) is 5.10 Å². The van der Waals surface area contributed by atoms with Crippen LogP contribution in [0.3, 0.4) is 0 Å². The van der Waals surface area contributed by atoms with Gasteiger partial charge in [0.25, 0.3) is 0 Å². The molecule has 0 aliphatic carbocycles. The third-order valence-corrected chi connectivity index (χ3v) is 8.19. The third-order valence-electron chi connectivity index (χ3n) is 8.19. The average Bonchev–Trinajstić information content (AvgIpc) is 3.33. The van der Waals surface area contributed by atoms with E-state index in [0.717, 1.165) is 39.8 Å². The largest absolute Gasteiger partial charge is 0.490 e. The molecule has 0 saturated heterocycles. The molecule has 1 N–H and O–H groups in total. The van der Waals surface area contributed by atoms with Crippen molar-refractivity contribution < 1.29 is 28.2 Å². The lowest BCUT2D eigenvalue weighted by Gasteiger charge is -2.23. The minimum Gasteiger partial charge on any atom is -0.490 e. The molecular formula is C36H35F2N3O4. The molecule has 0 bridgehead atoms. The second-order valence-electron chi connectivity index (χ2n) is 12.3. The molecule has 6 rings (SSSR count). The van der Waals surface area contributed by atoms with E-state index in [-0.39, 0.29) is 24.6 Å². The number of nitrogens with zero attached hydrogens (tertiary/aromatic N) is 3. The molecule has 3 heterocycles. The highest BCUT2D eigenvalue weighted by molar-refractivity contribution is 5.82. The van der Waals surface area contributed by atoms with Crippen LogP contribution in [0.4, 0.5) is 8.78 Å². The molecule has 5 aromatic rings. The average molecular weight is 612 g/mol. The fourth-order valence-corrected chi connectivity index (χ4v) is 5.93. The van der Waals surface area contributed by atoms with Crippen LogP contribution in [-0.2, 0) is 22.4 Å². The van der Waals surface area contributed by atoms with Crippen LogP contribution in [0.1, 0.15) is 48.2 Å². The molecule has 0 fully saturated rings. The SMILES string of the molecule is Cc1nc2c(C)c(-c3cccc(-c4cccc(F)c4)c3)nn2c(-c2cc(F)c3c(c2C)CCCO3)c1CC(=O)OCC(C)(C)O. The maximum Gasteiger partial charge on any atom is 0.310 e. The fraction of sp³-hybridized carbons (Fsp3) is 0.306. The molecule has 0 atom stereocenters. The van der Waals surface area contributed by atoms with E-state index in [1.165, 1.54) is 18.2 Å². The zero-order chi connectivity index (χ0) is 32.0. The smallest absolute Gasteiger partial charge is 0.310 e. The highest BCUT2D eigenvalue weighted by atomic mass is 19.1. The number of hydrogen-bond acceptors (Lipinski definition) is 6. The number of carbonyl (C=O) groups is 1. The lowest BCUT2D eigenvalue weighted by molar-refractivity contribution is -0.149. The lowest BCUT2D eigenvalue weighted by Crippen LogP contribution is -2.28. The van der Waals surface area contributed by atoms with Crippen LogP contribution in [0.5, 0.6) is 5.75 Å². The minimum atomic E-state index is -1.19. The van der Waals surface area contributed by atoms with Crippen molar-refractivity contribution in [3.05, 3.63) is 94.2 Å². The molecule has 0 spiro atoms. The van der Waals surface area contributed by atoms with E-state index >= 15 is 4.39 Å². The van der Waals surface area contributed by atoms with Gasteiger partial charge in [-0.15, -0.1) is 0 Å². The number of aryl methyl sites for hydroxylation is 2. The summed E-state index contributed by atoms with van der Waals surface area (Å²) in [6.07, 6.45) is 1.28. The molecule has 0 saturated carbocycles. The van der Waals surface area contributed by atoms with Crippen LogP contribution in [0, 0.1) is 32.4 Å². The Labute approximate surface area is 260 Å². The van der Waals surface area contributed by atoms with Crippen molar-refractivity contribution in [3.63, 3.8) is 0 Å². The first-order chi connectivity index (χ1) is 21.4. The molecule has 9 heteroatoms. The van der Waals surface area contributed by atoms with Crippen molar-refractivity contribution in [2.75, 3.05) is 13.2 Å². The van der Waals surface area contributed by atoms with Gasteiger partial charge in [-0.3, -0.25) is 4.79 Å². The molecule has 2 aromatic heterocycles. The topological polar surface area (TPSA) is 86.0 Å². The summed E-state index contributed by atoms with van der Waals surface area (Å²) in [6.45, 7) is 9.06. The van der Waals surface area contributed by atoms with Crippen LogP contribution < -0.4 is 4.74 Å². The number of benzene rings is 3. The molecule has 1 aliphatic rings. The predicted octanol–water partition coefficient (Wildman–Crippen LogP) is 7.12. The van der Waals surface area contributed by atoms with Crippen LogP contribution in [0.15, 0.2) is 54.6 Å². The van der Waals surface area contributed by atoms with Crippen molar-refractivity contribution in [2.24, 2.45) is 0 Å². The van der Waals surface area contributed by atoms with Gasteiger partial charge in [0.15, 0.2) is 17.2 Å². The molecule has 7 nitrogen and oxygen atoms in total.